The molecule has 0 fully saturated rings. The van der Waals surface area contributed by atoms with Crippen molar-refractivity contribution in [2.45, 2.75) is 18.9 Å². The van der Waals surface area contributed by atoms with Gasteiger partial charge in [0.05, 0.1) is 5.02 Å². The summed E-state index contributed by atoms with van der Waals surface area (Å²) in [5.41, 5.74) is 0. The van der Waals surface area contributed by atoms with Gasteiger partial charge in [-0.3, -0.25) is 0 Å². The molecule has 0 bridgehead atoms. The van der Waals surface area contributed by atoms with E-state index in [2.05, 4.69) is 18.8 Å². The summed E-state index contributed by atoms with van der Waals surface area (Å²) in [6, 6.07) is 1.29. The molecule has 1 aromatic rings. The number of nitrogens with zero attached hydrogens (tertiary/aromatic N) is 1. The quantitative estimate of drug-likeness (QED) is 0.721. The van der Waals surface area contributed by atoms with Crippen molar-refractivity contribution in [3.63, 3.8) is 0 Å². The summed E-state index contributed by atoms with van der Waals surface area (Å²) in [7, 11) is 0. The van der Waals surface area contributed by atoms with Crippen LogP contribution in [0.2, 0.25) is 5.02 Å². The molecule has 0 atom stereocenters. The number of rotatable bonds is 3. The SMILES string of the molecule is CC(C)CSc1ncc(Cl)cc1F. The first-order valence-corrected chi connectivity index (χ1v) is 5.40. The van der Waals surface area contributed by atoms with E-state index in [1.54, 1.807) is 0 Å². The Morgan fingerprint density at radius 3 is 2.85 bits per heavy atom. The average Bonchev–Trinajstić information content (AvgIpc) is 2.02. The molecule has 0 aliphatic carbocycles. The van der Waals surface area contributed by atoms with Gasteiger partial charge in [0.1, 0.15) is 5.03 Å². The highest BCUT2D eigenvalue weighted by molar-refractivity contribution is 7.99. The molecule has 0 saturated carbocycles. The Kier molecular flexibility index (Phi) is 4.00. The third kappa shape index (κ3) is 3.53. The first-order chi connectivity index (χ1) is 6.09. The molecular weight excluding hydrogens is 209 g/mol. The molecule has 0 saturated heterocycles. The Hall–Kier alpha value is -0.280. The van der Waals surface area contributed by atoms with Gasteiger partial charge in [0.2, 0.25) is 0 Å². The topological polar surface area (TPSA) is 12.9 Å². The molecule has 0 aliphatic rings. The lowest BCUT2D eigenvalue weighted by molar-refractivity contribution is 0.587. The van der Waals surface area contributed by atoms with Crippen molar-refractivity contribution in [2.24, 2.45) is 5.92 Å². The van der Waals surface area contributed by atoms with E-state index in [0.717, 1.165) is 5.75 Å². The smallest absolute Gasteiger partial charge is 0.156 e. The molecule has 4 heteroatoms. The van der Waals surface area contributed by atoms with Crippen molar-refractivity contribution < 1.29 is 4.39 Å². The largest absolute Gasteiger partial charge is 0.245 e. The third-order valence-corrected chi connectivity index (χ3v) is 2.94. The van der Waals surface area contributed by atoms with E-state index in [4.69, 9.17) is 11.6 Å². The van der Waals surface area contributed by atoms with Crippen molar-refractivity contribution in [1.29, 1.82) is 0 Å². The van der Waals surface area contributed by atoms with E-state index < -0.39 is 0 Å². The van der Waals surface area contributed by atoms with Gasteiger partial charge in [-0.25, -0.2) is 9.37 Å². The number of thioether (sulfide) groups is 1. The fourth-order valence-electron chi connectivity index (χ4n) is 0.754. The highest BCUT2D eigenvalue weighted by atomic mass is 35.5. The lowest BCUT2D eigenvalue weighted by Gasteiger charge is -2.04. The fraction of sp³-hybridized carbons (Fsp3) is 0.444. The molecule has 13 heavy (non-hydrogen) atoms. The van der Waals surface area contributed by atoms with E-state index in [1.165, 1.54) is 24.0 Å². The van der Waals surface area contributed by atoms with Gasteiger partial charge in [0, 0.05) is 11.9 Å². The highest BCUT2D eigenvalue weighted by Gasteiger charge is 2.05. The summed E-state index contributed by atoms with van der Waals surface area (Å²) < 4.78 is 13.1. The Balaban J connectivity index is 2.67. The van der Waals surface area contributed by atoms with Crippen LogP contribution in [0.5, 0.6) is 0 Å². The number of halogens is 2. The zero-order valence-electron chi connectivity index (χ0n) is 7.55. The summed E-state index contributed by atoms with van der Waals surface area (Å²) in [5, 5.41) is 0.768. The van der Waals surface area contributed by atoms with E-state index in [1.807, 2.05) is 0 Å². The van der Waals surface area contributed by atoms with Crippen LogP contribution >= 0.6 is 23.4 Å². The molecule has 0 aliphatic heterocycles. The van der Waals surface area contributed by atoms with Gasteiger partial charge in [-0.05, 0) is 12.0 Å². The van der Waals surface area contributed by atoms with Gasteiger partial charge in [-0.1, -0.05) is 25.4 Å². The maximum Gasteiger partial charge on any atom is 0.156 e. The van der Waals surface area contributed by atoms with Gasteiger partial charge < -0.3 is 0 Å². The van der Waals surface area contributed by atoms with Crippen LogP contribution < -0.4 is 0 Å². The summed E-state index contributed by atoms with van der Waals surface area (Å²) in [6.45, 7) is 4.17. The Morgan fingerprint density at radius 1 is 1.62 bits per heavy atom. The van der Waals surface area contributed by atoms with Gasteiger partial charge in [0.15, 0.2) is 5.82 Å². The minimum absolute atomic E-state index is 0.335. The first kappa shape index (κ1) is 10.8. The van der Waals surface area contributed by atoms with E-state index >= 15 is 0 Å². The summed E-state index contributed by atoms with van der Waals surface area (Å²) in [4.78, 5) is 3.91. The van der Waals surface area contributed by atoms with Crippen molar-refractivity contribution in [3.05, 3.63) is 23.1 Å². The molecule has 0 radical (unpaired) electrons. The van der Waals surface area contributed by atoms with Crippen LogP contribution in [0.25, 0.3) is 0 Å². The van der Waals surface area contributed by atoms with Crippen LogP contribution in [0.3, 0.4) is 0 Å². The minimum atomic E-state index is -0.335. The zero-order valence-corrected chi connectivity index (χ0v) is 9.12. The predicted molar refractivity (Wildman–Crippen MR) is 54.8 cm³/mol. The number of aromatic nitrogens is 1. The standard InChI is InChI=1S/C9H11ClFNS/c1-6(2)5-13-9-8(11)3-7(10)4-12-9/h3-4,6H,5H2,1-2H3. The maximum absolute atomic E-state index is 13.1. The van der Waals surface area contributed by atoms with Gasteiger partial charge in [-0.2, -0.15) is 0 Å². The highest BCUT2D eigenvalue weighted by Crippen LogP contribution is 2.23. The van der Waals surface area contributed by atoms with Crippen molar-refractivity contribution in [1.82, 2.24) is 4.98 Å². The van der Waals surface area contributed by atoms with Crippen LogP contribution in [0, 0.1) is 11.7 Å². The molecule has 1 rings (SSSR count). The van der Waals surface area contributed by atoms with E-state index in [0.29, 0.717) is 16.0 Å². The van der Waals surface area contributed by atoms with E-state index in [9.17, 15) is 4.39 Å². The maximum atomic E-state index is 13.1. The van der Waals surface area contributed by atoms with E-state index in [-0.39, 0.29) is 5.82 Å². The van der Waals surface area contributed by atoms with Crippen LogP contribution in [-0.2, 0) is 0 Å². The number of hydrogen-bond donors (Lipinski definition) is 0. The second-order valence-corrected chi connectivity index (χ2v) is 4.59. The first-order valence-electron chi connectivity index (χ1n) is 4.03. The molecule has 0 amide bonds. The molecule has 0 N–H and O–H groups in total. The summed E-state index contributed by atoms with van der Waals surface area (Å²) in [6.07, 6.45) is 1.47. The lowest BCUT2D eigenvalue weighted by atomic mass is 10.3. The van der Waals surface area contributed by atoms with Gasteiger partial charge >= 0.3 is 0 Å². The lowest BCUT2D eigenvalue weighted by Crippen LogP contribution is -1.93. The normalized spacial score (nSPS) is 10.8. The summed E-state index contributed by atoms with van der Waals surface area (Å²) >= 11 is 6.99. The molecule has 1 heterocycles. The Morgan fingerprint density at radius 2 is 2.31 bits per heavy atom. The van der Waals surface area contributed by atoms with Gasteiger partial charge in [0.25, 0.3) is 0 Å². The number of hydrogen-bond acceptors (Lipinski definition) is 2. The molecule has 1 nitrogen and oxygen atoms in total. The van der Waals surface area contributed by atoms with Crippen molar-refractivity contribution in [2.75, 3.05) is 5.75 Å². The zero-order chi connectivity index (χ0) is 9.84. The molecule has 72 valence electrons. The molecule has 0 aromatic carbocycles. The molecule has 0 unspecified atom stereocenters. The van der Waals surface area contributed by atoms with Crippen molar-refractivity contribution in [3.8, 4) is 0 Å². The Bertz CT molecular complexity index is 291. The third-order valence-electron chi connectivity index (χ3n) is 1.33. The molecule has 0 spiro atoms. The van der Waals surface area contributed by atoms with Crippen molar-refractivity contribution >= 4 is 23.4 Å². The molecular formula is C9H11ClFNS. The minimum Gasteiger partial charge on any atom is -0.245 e. The predicted octanol–water partition coefficient (Wildman–Crippen LogP) is 3.62. The fourth-order valence-corrected chi connectivity index (χ4v) is 1.71. The van der Waals surface area contributed by atoms with Crippen LogP contribution in [0.4, 0.5) is 4.39 Å². The Labute approximate surface area is 86.7 Å². The molecule has 1 aromatic heterocycles. The average molecular weight is 220 g/mol. The number of pyridine rings is 1. The van der Waals surface area contributed by atoms with Crippen LogP contribution in [-0.4, -0.2) is 10.7 Å². The summed E-state index contributed by atoms with van der Waals surface area (Å²) in [5.74, 6) is 1.06. The second-order valence-electron chi connectivity index (χ2n) is 3.15. The monoisotopic (exact) mass is 219 g/mol. The van der Waals surface area contributed by atoms with Crippen LogP contribution in [0.15, 0.2) is 17.3 Å². The van der Waals surface area contributed by atoms with Gasteiger partial charge in [-0.15, -0.1) is 11.8 Å². The van der Waals surface area contributed by atoms with Crippen LogP contribution in [0.1, 0.15) is 13.8 Å². The second kappa shape index (κ2) is 4.82.